The van der Waals surface area contributed by atoms with Crippen LogP contribution in [-0.2, 0) is 16.0 Å². The molecule has 1 aromatic carbocycles. The molecular weight excluding hydrogens is 474 g/mol. The zero-order valence-corrected chi connectivity index (χ0v) is 21.5. The number of hydrogen-bond acceptors (Lipinski definition) is 6. The summed E-state index contributed by atoms with van der Waals surface area (Å²) >= 11 is 7.46. The van der Waals surface area contributed by atoms with Crippen LogP contribution in [0.3, 0.4) is 0 Å². The summed E-state index contributed by atoms with van der Waals surface area (Å²) in [4.78, 5) is 48.4. The fourth-order valence-corrected chi connectivity index (χ4v) is 4.77. The molecule has 184 valence electrons. The molecule has 0 aliphatic carbocycles. The molecule has 10 heteroatoms. The number of nitrogens with one attached hydrogen (secondary N) is 1. The number of anilines is 1. The number of likely N-dealkylation sites (N-methyl/N-ethyl adjacent to an activating group) is 1. The standard InChI is InChI=1S/C24H32ClN5O3S/c1-4-28-9-11-29(12-10-28)22(32)13-18-16-34-24(26-18)27-21(31)15-30(14-17(2)3)23(33)19-7-5-6-8-20(19)25/h5-8,16-17H,4,9-15H2,1-3H3,(H,26,27,31). The fourth-order valence-electron chi connectivity index (χ4n) is 3.82. The molecule has 1 aliphatic heterocycles. The Morgan fingerprint density at radius 2 is 1.88 bits per heavy atom. The highest BCUT2D eigenvalue weighted by Gasteiger charge is 2.23. The van der Waals surface area contributed by atoms with Crippen molar-refractivity contribution in [3.8, 4) is 0 Å². The van der Waals surface area contributed by atoms with Crippen molar-refractivity contribution >= 4 is 45.8 Å². The minimum absolute atomic E-state index is 0.0485. The molecule has 1 aliphatic rings. The summed E-state index contributed by atoms with van der Waals surface area (Å²) in [6.45, 7) is 10.6. The van der Waals surface area contributed by atoms with Gasteiger partial charge in [0.2, 0.25) is 11.8 Å². The van der Waals surface area contributed by atoms with Crippen LogP contribution in [0.25, 0.3) is 0 Å². The van der Waals surface area contributed by atoms with Gasteiger partial charge in [0, 0.05) is 38.1 Å². The lowest BCUT2D eigenvalue weighted by Gasteiger charge is -2.34. The summed E-state index contributed by atoms with van der Waals surface area (Å²) in [5, 5.41) is 5.32. The van der Waals surface area contributed by atoms with Gasteiger partial charge >= 0.3 is 0 Å². The lowest BCUT2D eigenvalue weighted by molar-refractivity contribution is -0.132. The Balaban J connectivity index is 1.56. The van der Waals surface area contributed by atoms with Crippen molar-refractivity contribution in [2.45, 2.75) is 27.2 Å². The van der Waals surface area contributed by atoms with E-state index >= 15 is 0 Å². The Morgan fingerprint density at radius 1 is 1.18 bits per heavy atom. The van der Waals surface area contributed by atoms with Crippen LogP contribution in [0.4, 0.5) is 5.13 Å². The predicted molar refractivity (Wildman–Crippen MR) is 135 cm³/mol. The van der Waals surface area contributed by atoms with Crippen molar-refractivity contribution in [2.75, 3.05) is 51.1 Å². The second-order valence-corrected chi connectivity index (χ2v) is 10.0. The first kappa shape index (κ1) is 26.1. The monoisotopic (exact) mass is 505 g/mol. The smallest absolute Gasteiger partial charge is 0.255 e. The van der Waals surface area contributed by atoms with E-state index in [0.29, 0.717) is 28.0 Å². The van der Waals surface area contributed by atoms with Gasteiger partial charge in [-0.25, -0.2) is 4.98 Å². The Bertz CT molecular complexity index is 1000. The van der Waals surface area contributed by atoms with E-state index in [2.05, 4.69) is 22.1 Å². The average molecular weight is 506 g/mol. The van der Waals surface area contributed by atoms with Gasteiger partial charge in [0.1, 0.15) is 6.54 Å². The highest BCUT2D eigenvalue weighted by Crippen LogP contribution is 2.19. The number of benzene rings is 1. The molecule has 0 saturated carbocycles. The minimum Gasteiger partial charge on any atom is -0.340 e. The molecule has 0 unspecified atom stereocenters. The van der Waals surface area contributed by atoms with Crippen molar-refractivity contribution in [3.05, 3.63) is 45.9 Å². The number of halogens is 1. The Hall–Kier alpha value is -2.49. The largest absolute Gasteiger partial charge is 0.340 e. The van der Waals surface area contributed by atoms with Crippen LogP contribution < -0.4 is 5.32 Å². The number of thiazole rings is 1. The van der Waals surface area contributed by atoms with Crippen molar-refractivity contribution in [3.63, 3.8) is 0 Å². The third-order valence-corrected chi connectivity index (χ3v) is 6.75. The number of carbonyl (C=O) groups excluding carboxylic acids is 3. The zero-order chi connectivity index (χ0) is 24.7. The van der Waals surface area contributed by atoms with E-state index in [1.807, 2.05) is 18.7 Å². The first-order valence-electron chi connectivity index (χ1n) is 11.5. The summed E-state index contributed by atoms with van der Waals surface area (Å²) in [6.07, 6.45) is 0.211. The van der Waals surface area contributed by atoms with E-state index in [-0.39, 0.29) is 36.6 Å². The summed E-state index contributed by atoms with van der Waals surface area (Å²) in [6, 6.07) is 6.82. The van der Waals surface area contributed by atoms with Gasteiger partial charge < -0.3 is 20.0 Å². The molecule has 1 N–H and O–H groups in total. The van der Waals surface area contributed by atoms with Crippen LogP contribution in [0.5, 0.6) is 0 Å². The number of rotatable bonds is 9. The van der Waals surface area contributed by atoms with Gasteiger partial charge in [0.15, 0.2) is 5.13 Å². The van der Waals surface area contributed by atoms with Gasteiger partial charge in [-0.1, -0.05) is 44.5 Å². The van der Waals surface area contributed by atoms with Crippen molar-refractivity contribution in [1.82, 2.24) is 19.7 Å². The van der Waals surface area contributed by atoms with Crippen LogP contribution in [-0.4, -0.2) is 83.2 Å². The molecule has 0 atom stereocenters. The maximum atomic E-state index is 13.0. The van der Waals surface area contributed by atoms with Crippen molar-refractivity contribution in [2.24, 2.45) is 5.92 Å². The molecule has 1 saturated heterocycles. The summed E-state index contributed by atoms with van der Waals surface area (Å²) < 4.78 is 0. The van der Waals surface area contributed by atoms with E-state index in [9.17, 15) is 14.4 Å². The Morgan fingerprint density at radius 3 is 2.53 bits per heavy atom. The third kappa shape index (κ3) is 7.25. The molecule has 3 amide bonds. The van der Waals surface area contributed by atoms with Crippen LogP contribution >= 0.6 is 22.9 Å². The van der Waals surface area contributed by atoms with E-state index in [1.165, 1.54) is 16.2 Å². The number of aromatic nitrogens is 1. The second kappa shape index (κ2) is 12.3. The molecule has 0 spiro atoms. The van der Waals surface area contributed by atoms with Crippen LogP contribution in [0.15, 0.2) is 29.6 Å². The molecule has 1 aromatic heterocycles. The first-order chi connectivity index (χ1) is 16.3. The third-order valence-electron chi connectivity index (χ3n) is 5.61. The molecule has 2 aromatic rings. The molecule has 0 bridgehead atoms. The van der Waals surface area contributed by atoms with E-state index in [4.69, 9.17) is 11.6 Å². The molecule has 0 radical (unpaired) electrons. The fraction of sp³-hybridized carbons (Fsp3) is 0.500. The van der Waals surface area contributed by atoms with Gasteiger partial charge in [-0.2, -0.15) is 0 Å². The van der Waals surface area contributed by atoms with Gasteiger partial charge in [-0.15, -0.1) is 11.3 Å². The zero-order valence-electron chi connectivity index (χ0n) is 19.9. The predicted octanol–water partition coefficient (Wildman–Crippen LogP) is 3.24. The maximum Gasteiger partial charge on any atom is 0.255 e. The number of piperazine rings is 1. The summed E-state index contributed by atoms with van der Waals surface area (Å²) in [5.41, 5.74) is 1.00. The molecular formula is C24H32ClN5O3S. The maximum absolute atomic E-state index is 13.0. The van der Waals surface area contributed by atoms with E-state index in [1.54, 1.807) is 29.6 Å². The Kier molecular flexibility index (Phi) is 9.44. The van der Waals surface area contributed by atoms with Gasteiger partial charge in [-0.3, -0.25) is 14.4 Å². The lowest BCUT2D eigenvalue weighted by Crippen LogP contribution is -2.48. The normalized spacial score (nSPS) is 14.3. The van der Waals surface area contributed by atoms with E-state index in [0.717, 1.165) is 32.7 Å². The lowest BCUT2D eigenvalue weighted by atomic mass is 10.1. The number of carbonyl (C=O) groups is 3. The molecule has 3 rings (SSSR count). The number of nitrogens with zero attached hydrogens (tertiary/aromatic N) is 4. The van der Waals surface area contributed by atoms with Crippen molar-refractivity contribution < 1.29 is 14.4 Å². The quantitative estimate of drug-likeness (QED) is 0.565. The minimum atomic E-state index is -0.344. The van der Waals surface area contributed by atoms with Crippen LogP contribution in [0.1, 0.15) is 36.8 Å². The van der Waals surface area contributed by atoms with Gasteiger partial charge in [0.05, 0.1) is 22.7 Å². The first-order valence-corrected chi connectivity index (χ1v) is 12.8. The van der Waals surface area contributed by atoms with Crippen LogP contribution in [0.2, 0.25) is 5.02 Å². The molecule has 34 heavy (non-hydrogen) atoms. The SMILES string of the molecule is CCN1CCN(C(=O)Cc2csc(NC(=O)CN(CC(C)C)C(=O)c3ccccc3Cl)n2)CC1. The highest BCUT2D eigenvalue weighted by molar-refractivity contribution is 7.13. The Labute approximate surface area is 209 Å². The van der Waals surface area contributed by atoms with Crippen molar-refractivity contribution in [1.29, 1.82) is 0 Å². The molecule has 2 heterocycles. The average Bonchev–Trinajstić information content (AvgIpc) is 3.24. The number of amides is 3. The van der Waals surface area contributed by atoms with Gasteiger partial charge in [0.25, 0.3) is 5.91 Å². The molecule has 8 nitrogen and oxygen atoms in total. The molecule has 1 fully saturated rings. The number of hydrogen-bond donors (Lipinski definition) is 1. The second-order valence-electron chi connectivity index (χ2n) is 8.74. The van der Waals surface area contributed by atoms with Crippen LogP contribution in [0, 0.1) is 5.92 Å². The summed E-state index contributed by atoms with van der Waals surface area (Å²) in [5.74, 6) is -0.407. The van der Waals surface area contributed by atoms with Gasteiger partial charge in [-0.05, 0) is 24.6 Å². The summed E-state index contributed by atoms with van der Waals surface area (Å²) in [7, 11) is 0. The topological polar surface area (TPSA) is 85.9 Å². The highest BCUT2D eigenvalue weighted by atomic mass is 35.5. The van der Waals surface area contributed by atoms with E-state index < -0.39 is 0 Å².